The van der Waals surface area contributed by atoms with Crippen molar-refractivity contribution in [2.75, 3.05) is 7.11 Å². The van der Waals surface area contributed by atoms with Gasteiger partial charge in [-0.3, -0.25) is 0 Å². The number of methoxy groups -OCH3 is 1. The molecular formula is C18H20N2O3. The number of aromatic nitrogens is 2. The quantitative estimate of drug-likeness (QED) is 0.628. The number of imidazole rings is 1. The van der Waals surface area contributed by atoms with Gasteiger partial charge in [0, 0.05) is 11.8 Å². The first kappa shape index (κ1) is 15.3. The number of carbonyl (C=O) groups is 1. The Kier molecular flexibility index (Phi) is 4.19. The maximum absolute atomic E-state index is 11.9. The van der Waals surface area contributed by atoms with E-state index in [2.05, 4.69) is 4.98 Å². The third kappa shape index (κ3) is 3.62. The van der Waals surface area contributed by atoms with Crippen LogP contribution in [0.5, 0.6) is 5.75 Å². The second-order valence-corrected chi connectivity index (χ2v) is 5.79. The Hall–Kier alpha value is -2.56. The topological polar surface area (TPSA) is 53.4 Å². The van der Waals surface area contributed by atoms with Gasteiger partial charge in [-0.1, -0.05) is 6.07 Å². The smallest absolute Gasteiger partial charge is 0.334 e. The minimum Gasteiger partial charge on any atom is -0.495 e. The van der Waals surface area contributed by atoms with E-state index in [4.69, 9.17) is 9.47 Å². The van der Waals surface area contributed by atoms with Crippen LogP contribution in [-0.2, 0) is 9.53 Å². The molecule has 1 aromatic carbocycles. The van der Waals surface area contributed by atoms with Crippen LogP contribution >= 0.6 is 0 Å². The van der Waals surface area contributed by atoms with E-state index in [1.54, 1.807) is 20.4 Å². The number of aryl methyl sites for hydroxylation is 1. The van der Waals surface area contributed by atoms with Crippen LogP contribution in [0.3, 0.4) is 0 Å². The molecule has 0 amide bonds. The molecule has 5 nitrogen and oxygen atoms in total. The summed E-state index contributed by atoms with van der Waals surface area (Å²) in [7, 11) is 1.63. The summed E-state index contributed by atoms with van der Waals surface area (Å²) in [5.74, 6) is 0.472. The molecule has 0 atom stereocenters. The molecule has 0 aliphatic heterocycles. The largest absolute Gasteiger partial charge is 0.495 e. The van der Waals surface area contributed by atoms with Crippen molar-refractivity contribution in [2.45, 2.75) is 32.8 Å². The molecule has 3 rings (SSSR count). The summed E-state index contributed by atoms with van der Waals surface area (Å²) >= 11 is 0. The van der Waals surface area contributed by atoms with Gasteiger partial charge in [0.2, 0.25) is 0 Å². The third-order valence-electron chi connectivity index (χ3n) is 3.70. The van der Waals surface area contributed by atoms with Crippen LogP contribution in [0.1, 0.15) is 31.0 Å². The first-order valence-electron chi connectivity index (χ1n) is 7.65. The van der Waals surface area contributed by atoms with Gasteiger partial charge in [0.25, 0.3) is 0 Å². The fourth-order valence-electron chi connectivity index (χ4n) is 2.29. The average molecular weight is 312 g/mol. The highest BCUT2D eigenvalue weighted by molar-refractivity contribution is 5.93. The van der Waals surface area contributed by atoms with Crippen LogP contribution in [0.25, 0.3) is 11.8 Å². The monoisotopic (exact) mass is 312 g/mol. The van der Waals surface area contributed by atoms with Crippen LogP contribution in [0.4, 0.5) is 0 Å². The zero-order valence-electron chi connectivity index (χ0n) is 13.6. The van der Waals surface area contributed by atoms with Gasteiger partial charge in [-0.25, -0.2) is 9.78 Å². The Morgan fingerprint density at radius 2 is 2.17 bits per heavy atom. The molecule has 1 aliphatic carbocycles. The highest BCUT2D eigenvalue weighted by atomic mass is 16.5. The number of esters is 1. The van der Waals surface area contributed by atoms with Crippen molar-refractivity contribution in [2.24, 2.45) is 0 Å². The van der Waals surface area contributed by atoms with E-state index >= 15 is 0 Å². The van der Waals surface area contributed by atoms with E-state index < -0.39 is 0 Å². The summed E-state index contributed by atoms with van der Waals surface area (Å²) in [5.41, 5.74) is 3.33. The molecule has 0 spiro atoms. The second-order valence-electron chi connectivity index (χ2n) is 5.79. The van der Waals surface area contributed by atoms with E-state index in [1.165, 1.54) is 0 Å². The van der Waals surface area contributed by atoms with Gasteiger partial charge in [0.15, 0.2) is 0 Å². The Morgan fingerprint density at radius 1 is 1.39 bits per heavy atom. The molecule has 1 aliphatic rings. The third-order valence-corrected chi connectivity index (χ3v) is 3.70. The summed E-state index contributed by atoms with van der Waals surface area (Å²) in [6, 6.07) is 5.80. The van der Waals surface area contributed by atoms with Gasteiger partial charge in [-0.05, 0) is 50.5 Å². The predicted octanol–water partition coefficient (Wildman–Crippen LogP) is 3.30. The van der Waals surface area contributed by atoms with Crippen molar-refractivity contribution in [3.8, 4) is 11.4 Å². The number of hydrogen-bond acceptors (Lipinski definition) is 4. The molecule has 0 saturated heterocycles. The number of nitrogens with zero attached hydrogens (tertiary/aromatic N) is 2. The van der Waals surface area contributed by atoms with Crippen molar-refractivity contribution in [1.82, 2.24) is 9.55 Å². The molecule has 5 heteroatoms. The Morgan fingerprint density at radius 3 is 2.78 bits per heavy atom. The SMILES string of the molecule is COc1cc(C=C(C)C(=O)OC2CC2)ccc1-n1cnc(C)c1. The highest BCUT2D eigenvalue weighted by Gasteiger charge is 2.26. The molecule has 23 heavy (non-hydrogen) atoms. The first-order chi connectivity index (χ1) is 11.1. The van der Waals surface area contributed by atoms with Gasteiger partial charge in [-0.2, -0.15) is 0 Å². The molecule has 1 saturated carbocycles. The molecule has 0 bridgehead atoms. The number of hydrogen-bond donors (Lipinski definition) is 0. The molecule has 0 unspecified atom stereocenters. The Labute approximate surface area is 135 Å². The van der Waals surface area contributed by atoms with Crippen molar-refractivity contribution >= 4 is 12.0 Å². The lowest BCUT2D eigenvalue weighted by molar-refractivity contribution is -0.140. The Balaban J connectivity index is 1.84. The summed E-state index contributed by atoms with van der Waals surface area (Å²) in [6.45, 7) is 3.71. The maximum atomic E-state index is 11.9. The van der Waals surface area contributed by atoms with Gasteiger partial charge in [0.1, 0.15) is 11.9 Å². The average Bonchev–Trinajstić information content (AvgIpc) is 3.25. The predicted molar refractivity (Wildman–Crippen MR) is 87.6 cm³/mol. The van der Waals surface area contributed by atoms with Crippen molar-refractivity contribution in [3.05, 3.63) is 47.6 Å². The van der Waals surface area contributed by atoms with Crippen LogP contribution in [0, 0.1) is 6.92 Å². The highest BCUT2D eigenvalue weighted by Crippen LogP contribution is 2.27. The standard InChI is InChI=1S/C18H20N2O3/c1-12(18(21)23-15-5-6-15)8-14-4-7-16(17(9-14)22-3)20-10-13(2)19-11-20/h4,7-11,15H,5-6H2,1-3H3. The maximum Gasteiger partial charge on any atom is 0.334 e. The van der Waals surface area contributed by atoms with Gasteiger partial charge in [0.05, 0.1) is 24.8 Å². The van der Waals surface area contributed by atoms with E-state index in [0.717, 1.165) is 35.5 Å². The van der Waals surface area contributed by atoms with Crippen LogP contribution in [-0.4, -0.2) is 28.7 Å². The minimum absolute atomic E-state index is 0.118. The molecule has 1 aromatic heterocycles. The van der Waals surface area contributed by atoms with E-state index in [-0.39, 0.29) is 12.1 Å². The number of benzene rings is 1. The van der Waals surface area contributed by atoms with E-state index in [0.29, 0.717) is 5.57 Å². The summed E-state index contributed by atoms with van der Waals surface area (Å²) in [6.07, 6.45) is 7.58. The molecule has 1 fully saturated rings. The van der Waals surface area contributed by atoms with Gasteiger partial charge in [-0.15, -0.1) is 0 Å². The summed E-state index contributed by atoms with van der Waals surface area (Å²) in [5, 5.41) is 0. The molecular weight excluding hydrogens is 292 g/mol. The van der Waals surface area contributed by atoms with Crippen LogP contribution in [0.15, 0.2) is 36.3 Å². The molecule has 2 aromatic rings. The second kappa shape index (κ2) is 6.28. The van der Waals surface area contributed by atoms with Crippen molar-refractivity contribution in [3.63, 3.8) is 0 Å². The summed E-state index contributed by atoms with van der Waals surface area (Å²) < 4.78 is 12.7. The molecule has 120 valence electrons. The van der Waals surface area contributed by atoms with E-state index in [1.807, 2.05) is 42.0 Å². The number of carbonyl (C=O) groups excluding carboxylic acids is 1. The van der Waals surface area contributed by atoms with Crippen molar-refractivity contribution in [1.29, 1.82) is 0 Å². The fraction of sp³-hybridized carbons (Fsp3) is 0.333. The zero-order chi connectivity index (χ0) is 16.4. The number of rotatable bonds is 5. The van der Waals surface area contributed by atoms with Crippen LogP contribution in [0.2, 0.25) is 0 Å². The molecule has 1 heterocycles. The lowest BCUT2D eigenvalue weighted by Crippen LogP contribution is -2.07. The summed E-state index contributed by atoms with van der Waals surface area (Å²) in [4.78, 5) is 16.1. The Bertz CT molecular complexity index is 757. The van der Waals surface area contributed by atoms with Crippen molar-refractivity contribution < 1.29 is 14.3 Å². The molecule has 0 N–H and O–H groups in total. The normalized spacial score (nSPS) is 14.7. The zero-order valence-corrected chi connectivity index (χ0v) is 13.6. The lowest BCUT2D eigenvalue weighted by Gasteiger charge is -2.10. The van der Waals surface area contributed by atoms with Gasteiger partial charge >= 0.3 is 5.97 Å². The fourth-order valence-corrected chi connectivity index (χ4v) is 2.29. The van der Waals surface area contributed by atoms with E-state index in [9.17, 15) is 4.79 Å². The number of ether oxygens (including phenoxy) is 2. The molecule has 0 radical (unpaired) electrons. The van der Waals surface area contributed by atoms with Crippen LogP contribution < -0.4 is 4.74 Å². The minimum atomic E-state index is -0.249. The van der Waals surface area contributed by atoms with Gasteiger partial charge < -0.3 is 14.0 Å². The first-order valence-corrected chi connectivity index (χ1v) is 7.65. The lowest BCUT2D eigenvalue weighted by atomic mass is 10.1.